The predicted octanol–water partition coefficient (Wildman–Crippen LogP) is 5.39. The van der Waals surface area contributed by atoms with E-state index in [2.05, 4.69) is 41.5 Å². The average Bonchev–Trinajstić information content (AvgIpc) is 2.95. The number of Topliss-reactive ketones (excluding diaryl/α,β-unsaturated/α-hetero) is 1. The molecule has 2 rings (SSSR count). The average molecular weight is 547 g/mol. The summed E-state index contributed by atoms with van der Waals surface area (Å²) in [7, 11) is -4.87. The topological polar surface area (TPSA) is 109 Å². The lowest BCUT2D eigenvalue weighted by molar-refractivity contribution is -0.166. The Morgan fingerprint density at radius 2 is 1.57 bits per heavy atom. The Labute approximate surface area is 216 Å². The lowest BCUT2D eigenvalue weighted by Gasteiger charge is -2.40. The zero-order chi connectivity index (χ0) is 27.2. The quantitative estimate of drug-likeness (QED) is 0.245. The fraction of sp³-hybridized carbons (Fsp3) is 0.783. The molecule has 0 aromatic heterocycles. The highest BCUT2D eigenvalue weighted by atomic mass is 32.1. The largest absolute Gasteiger partial charge is 0.529 e. The van der Waals surface area contributed by atoms with E-state index in [1.807, 2.05) is 26.2 Å². The number of rotatable bonds is 7. The minimum atomic E-state index is -2.46. The summed E-state index contributed by atoms with van der Waals surface area (Å²) in [5.74, 6) is -1.82. The van der Waals surface area contributed by atoms with Crippen LogP contribution in [-0.4, -0.2) is 66.1 Å². The molecular weight excluding hydrogens is 504 g/mol. The van der Waals surface area contributed by atoms with Crippen molar-refractivity contribution in [3.05, 3.63) is 11.6 Å². The molecule has 200 valence electrons. The van der Waals surface area contributed by atoms with E-state index in [4.69, 9.17) is 25.9 Å². The number of nitrogens with zero attached hydrogens (tertiary/aromatic N) is 2. The van der Waals surface area contributed by atoms with Gasteiger partial charge in [-0.1, -0.05) is 41.5 Å². The Balaban J connectivity index is 2.58. The van der Waals surface area contributed by atoms with Gasteiger partial charge in [-0.2, -0.15) is 0 Å². The van der Waals surface area contributed by atoms with E-state index in [0.717, 1.165) is 5.06 Å². The summed E-state index contributed by atoms with van der Waals surface area (Å²) < 4.78 is 18.8. The van der Waals surface area contributed by atoms with Crippen molar-refractivity contribution in [1.82, 2.24) is 10.1 Å². The molecule has 0 aromatic rings. The number of carbonyl (C=O) groups excluding carboxylic acids is 1. The van der Waals surface area contributed by atoms with Crippen molar-refractivity contribution in [3.63, 3.8) is 0 Å². The summed E-state index contributed by atoms with van der Waals surface area (Å²) in [5.41, 5.74) is -1.92. The molecule has 2 aliphatic rings. The second-order valence-corrected chi connectivity index (χ2v) is 22.2. The third-order valence-corrected chi connectivity index (χ3v) is 16.6. The highest BCUT2D eigenvalue weighted by Gasteiger charge is 2.53. The van der Waals surface area contributed by atoms with E-state index < -0.39 is 34.0 Å². The molecule has 0 bridgehead atoms. The summed E-state index contributed by atoms with van der Waals surface area (Å²) in [6, 6.07) is 0. The van der Waals surface area contributed by atoms with Crippen LogP contribution >= 0.6 is 12.2 Å². The number of ketones is 1. The van der Waals surface area contributed by atoms with Gasteiger partial charge in [0.1, 0.15) is 6.67 Å². The van der Waals surface area contributed by atoms with E-state index in [1.54, 1.807) is 0 Å². The molecule has 0 radical (unpaired) electrons. The highest BCUT2D eigenvalue weighted by Crippen LogP contribution is 2.43. The second-order valence-electron chi connectivity index (χ2n) is 12.4. The number of carboxylic acid groups (broad SMARTS) is 1. The number of aliphatic carboxylic acids is 1. The fourth-order valence-electron chi connectivity index (χ4n) is 3.24. The molecule has 1 saturated carbocycles. The van der Waals surface area contributed by atoms with Crippen molar-refractivity contribution in [2.24, 2.45) is 0 Å². The molecule has 1 heterocycles. The summed E-state index contributed by atoms with van der Waals surface area (Å²) in [6.45, 7) is 20.5. The van der Waals surface area contributed by atoms with Crippen LogP contribution in [-0.2, 0) is 23.3 Å². The van der Waals surface area contributed by atoms with Crippen molar-refractivity contribution in [1.29, 1.82) is 0 Å². The molecule has 35 heavy (non-hydrogen) atoms. The Morgan fingerprint density at radius 1 is 1.03 bits per heavy atom. The number of hydroxylamine groups is 4. The molecule has 12 heteroatoms. The summed E-state index contributed by atoms with van der Waals surface area (Å²) in [5, 5.41) is 22.6. The van der Waals surface area contributed by atoms with Gasteiger partial charge in [0, 0.05) is 12.8 Å². The van der Waals surface area contributed by atoms with Gasteiger partial charge in [-0.25, -0.2) is 14.9 Å². The van der Waals surface area contributed by atoms with Crippen LogP contribution in [0.25, 0.3) is 0 Å². The standard InChI is InChI=1S/C23H42N2O7SSi2/c1-21(2,3)34(7,8)31-18-17(25(15-24(18)29)32-35(9,10)22(4,5)6)19(33)30-23(20(27)28)14-12-11-13-16(23)26/h29H,11-15H2,1-10H3,(H,27,28). The zero-order valence-corrected chi connectivity index (χ0v) is 25.6. The molecule has 1 aliphatic carbocycles. The predicted molar refractivity (Wildman–Crippen MR) is 141 cm³/mol. The van der Waals surface area contributed by atoms with Crippen molar-refractivity contribution >= 4 is 45.7 Å². The molecule has 0 aromatic carbocycles. The molecule has 2 N–H and O–H groups in total. The molecular formula is C23H42N2O7SSi2. The third-order valence-electron chi connectivity index (χ3n) is 7.69. The van der Waals surface area contributed by atoms with Gasteiger partial charge in [0.05, 0.1) is 0 Å². The molecule has 0 saturated heterocycles. The lowest BCUT2D eigenvalue weighted by Crippen LogP contribution is -2.53. The van der Waals surface area contributed by atoms with E-state index in [0.29, 0.717) is 12.8 Å². The minimum absolute atomic E-state index is 0.0267. The van der Waals surface area contributed by atoms with Crippen LogP contribution in [0.5, 0.6) is 0 Å². The molecule has 1 atom stereocenters. The Morgan fingerprint density at radius 3 is 2.03 bits per heavy atom. The SMILES string of the molecule is CC(C)(C)[Si](C)(C)OC1=C(C(=S)OC2(C(=O)O)CCCCC2=O)N(O[Si](C)(C)C(C)(C)C)CN1O. The molecule has 1 fully saturated rings. The minimum Gasteiger partial charge on any atom is -0.529 e. The van der Waals surface area contributed by atoms with Crippen LogP contribution in [0, 0.1) is 0 Å². The molecule has 0 amide bonds. The summed E-state index contributed by atoms with van der Waals surface area (Å²) in [4.78, 5) is 25.0. The normalized spacial score (nSPS) is 22.5. The number of ether oxygens (including phenoxy) is 1. The number of carboxylic acids is 1. The van der Waals surface area contributed by atoms with Crippen molar-refractivity contribution < 1.29 is 33.6 Å². The number of thiocarbonyl (C=S) groups is 1. The first-order valence-electron chi connectivity index (χ1n) is 12.0. The van der Waals surface area contributed by atoms with E-state index in [-0.39, 0.29) is 46.2 Å². The van der Waals surface area contributed by atoms with Crippen molar-refractivity contribution in [2.45, 2.75) is 109 Å². The van der Waals surface area contributed by atoms with Crippen LogP contribution in [0.1, 0.15) is 67.2 Å². The van der Waals surface area contributed by atoms with Crippen LogP contribution in [0.3, 0.4) is 0 Å². The molecule has 1 aliphatic heterocycles. The Bertz CT molecular complexity index is 909. The molecule has 0 spiro atoms. The maximum absolute atomic E-state index is 12.8. The Hall–Kier alpha value is -1.48. The number of carbonyl (C=O) groups is 2. The van der Waals surface area contributed by atoms with Crippen LogP contribution in [0.2, 0.25) is 36.3 Å². The number of hydrogen-bond acceptors (Lipinski definition) is 9. The second kappa shape index (κ2) is 9.77. The van der Waals surface area contributed by atoms with Gasteiger partial charge in [-0.05, 0) is 61.3 Å². The first-order valence-corrected chi connectivity index (χ1v) is 18.3. The number of hydrogen-bond donors (Lipinski definition) is 2. The van der Waals surface area contributed by atoms with Gasteiger partial charge in [0.25, 0.3) is 13.9 Å². The van der Waals surface area contributed by atoms with Crippen molar-refractivity contribution in [3.8, 4) is 0 Å². The zero-order valence-electron chi connectivity index (χ0n) is 22.8. The lowest BCUT2D eigenvalue weighted by atomic mass is 9.83. The van der Waals surface area contributed by atoms with Gasteiger partial charge in [-0.15, -0.1) is 0 Å². The first-order chi connectivity index (χ1) is 15.7. The van der Waals surface area contributed by atoms with Gasteiger partial charge < -0.3 is 18.8 Å². The molecule has 9 nitrogen and oxygen atoms in total. The highest BCUT2D eigenvalue weighted by molar-refractivity contribution is 7.80. The van der Waals surface area contributed by atoms with Gasteiger partial charge in [-0.3, -0.25) is 10.0 Å². The third kappa shape index (κ3) is 5.92. The van der Waals surface area contributed by atoms with Gasteiger partial charge >= 0.3 is 5.97 Å². The first kappa shape index (κ1) is 29.8. The van der Waals surface area contributed by atoms with E-state index in [1.165, 1.54) is 5.06 Å². The summed E-state index contributed by atoms with van der Waals surface area (Å²) in [6.07, 6.45) is 1.28. The smallest absolute Gasteiger partial charge is 0.356 e. The van der Waals surface area contributed by atoms with Crippen molar-refractivity contribution in [2.75, 3.05) is 6.67 Å². The van der Waals surface area contributed by atoms with Gasteiger partial charge in [0.15, 0.2) is 11.5 Å². The van der Waals surface area contributed by atoms with Crippen LogP contribution in [0.4, 0.5) is 0 Å². The Kier molecular flexibility index (Phi) is 8.30. The van der Waals surface area contributed by atoms with Crippen LogP contribution in [0.15, 0.2) is 11.6 Å². The fourth-order valence-corrected chi connectivity index (χ4v) is 5.54. The maximum Gasteiger partial charge on any atom is 0.356 e. The van der Waals surface area contributed by atoms with Crippen LogP contribution < -0.4 is 0 Å². The molecule has 1 unspecified atom stereocenters. The summed E-state index contributed by atoms with van der Waals surface area (Å²) >= 11 is 5.61. The maximum atomic E-state index is 12.8. The van der Waals surface area contributed by atoms with E-state index in [9.17, 15) is 19.9 Å². The monoisotopic (exact) mass is 546 g/mol. The van der Waals surface area contributed by atoms with Gasteiger partial charge in [0.2, 0.25) is 19.3 Å². The van der Waals surface area contributed by atoms with E-state index >= 15 is 0 Å².